The number of carboxylic acid groups (broad SMARTS) is 1. The van der Waals surface area contributed by atoms with E-state index in [1.165, 1.54) is 24.4 Å². The van der Waals surface area contributed by atoms with Gasteiger partial charge >= 0.3 is 5.97 Å². The minimum atomic E-state index is -1.07. The second-order valence-corrected chi connectivity index (χ2v) is 4.27. The van der Waals surface area contributed by atoms with Crippen LogP contribution in [0.15, 0.2) is 36.5 Å². The third-order valence-electron chi connectivity index (χ3n) is 2.76. The van der Waals surface area contributed by atoms with Crippen molar-refractivity contribution in [2.45, 2.75) is 6.42 Å². The van der Waals surface area contributed by atoms with E-state index in [2.05, 4.69) is 10.3 Å². The smallest absolute Gasteiger partial charge is 0.337 e. The van der Waals surface area contributed by atoms with E-state index in [0.717, 1.165) is 5.56 Å². The van der Waals surface area contributed by atoms with E-state index in [1.807, 2.05) is 6.07 Å². The highest BCUT2D eigenvalue weighted by Crippen LogP contribution is 2.16. The lowest BCUT2D eigenvalue weighted by atomic mass is 10.1. The molecule has 6 heteroatoms. The van der Waals surface area contributed by atoms with Gasteiger partial charge in [-0.05, 0) is 30.2 Å². The van der Waals surface area contributed by atoms with E-state index < -0.39 is 5.97 Å². The number of nitrogen functional groups attached to an aromatic ring is 1. The Kier molecular flexibility index (Phi) is 4.14. The minimum Gasteiger partial charge on any atom is -0.478 e. The fourth-order valence-corrected chi connectivity index (χ4v) is 1.76. The molecule has 2 rings (SSSR count). The summed E-state index contributed by atoms with van der Waals surface area (Å²) in [5, 5.41) is 11.8. The first-order valence-electron chi connectivity index (χ1n) is 6.03. The van der Waals surface area contributed by atoms with Gasteiger partial charge in [-0.25, -0.2) is 14.2 Å². The molecule has 0 saturated heterocycles. The zero-order valence-corrected chi connectivity index (χ0v) is 10.6. The molecule has 0 saturated carbocycles. The molecular weight excluding hydrogens is 261 g/mol. The molecule has 0 amide bonds. The number of pyridine rings is 1. The Labute approximate surface area is 115 Å². The molecular formula is C14H14FN3O2. The SMILES string of the molecule is Nc1cc(C(=O)O)cnc1NCCc1cccc(F)c1. The lowest BCUT2D eigenvalue weighted by molar-refractivity contribution is 0.0696. The molecule has 5 nitrogen and oxygen atoms in total. The number of anilines is 2. The number of carboxylic acids is 1. The number of carbonyl (C=O) groups is 1. The summed E-state index contributed by atoms with van der Waals surface area (Å²) in [7, 11) is 0. The van der Waals surface area contributed by atoms with Crippen LogP contribution in [0.25, 0.3) is 0 Å². The predicted molar refractivity (Wildman–Crippen MR) is 74.2 cm³/mol. The second kappa shape index (κ2) is 6.01. The highest BCUT2D eigenvalue weighted by Gasteiger charge is 2.07. The number of hydrogen-bond acceptors (Lipinski definition) is 4. The van der Waals surface area contributed by atoms with Crippen molar-refractivity contribution < 1.29 is 14.3 Å². The number of aromatic nitrogens is 1. The van der Waals surface area contributed by atoms with Gasteiger partial charge in [0.2, 0.25) is 0 Å². The van der Waals surface area contributed by atoms with Gasteiger partial charge in [0, 0.05) is 12.7 Å². The molecule has 104 valence electrons. The molecule has 0 atom stereocenters. The zero-order chi connectivity index (χ0) is 14.5. The average Bonchev–Trinajstić information content (AvgIpc) is 2.40. The highest BCUT2D eigenvalue weighted by molar-refractivity contribution is 5.89. The number of rotatable bonds is 5. The summed E-state index contributed by atoms with van der Waals surface area (Å²) >= 11 is 0. The van der Waals surface area contributed by atoms with E-state index in [0.29, 0.717) is 18.8 Å². The third kappa shape index (κ3) is 3.44. The minimum absolute atomic E-state index is 0.0400. The van der Waals surface area contributed by atoms with Crippen molar-refractivity contribution in [2.75, 3.05) is 17.6 Å². The maximum absolute atomic E-state index is 13.0. The topological polar surface area (TPSA) is 88.2 Å². The van der Waals surface area contributed by atoms with Crippen LogP contribution in [0, 0.1) is 5.82 Å². The van der Waals surface area contributed by atoms with Gasteiger partial charge in [0.15, 0.2) is 0 Å². The largest absolute Gasteiger partial charge is 0.478 e. The number of nitrogens with one attached hydrogen (secondary N) is 1. The van der Waals surface area contributed by atoms with Gasteiger partial charge in [-0.1, -0.05) is 12.1 Å². The zero-order valence-electron chi connectivity index (χ0n) is 10.6. The Hall–Kier alpha value is -2.63. The second-order valence-electron chi connectivity index (χ2n) is 4.27. The predicted octanol–water partition coefficient (Wildman–Crippen LogP) is 2.16. The van der Waals surface area contributed by atoms with Crippen LogP contribution in [-0.2, 0) is 6.42 Å². The van der Waals surface area contributed by atoms with Crippen LogP contribution in [0.1, 0.15) is 15.9 Å². The average molecular weight is 275 g/mol. The van der Waals surface area contributed by atoms with Crippen molar-refractivity contribution in [3.63, 3.8) is 0 Å². The number of nitrogens with zero attached hydrogens (tertiary/aromatic N) is 1. The van der Waals surface area contributed by atoms with E-state index in [1.54, 1.807) is 6.07 Å². The van der Waals surface area contributed by atoms with Crippen LogP contribution in [-0.4, -0.2) is 22.6 Å². The molecule has 20 heavy (non-hydrogen) atoms. The molecule has 1 heterocycles. The maximum atomic E-state index is 13.0. The van der Waals surface area contributed by atoms with Gasteiger partial charge in [-0.2, -0.15) is 0 Å². The highest BCUT2D eigenvalue weighted by atomic mass is 19.1. The number of benzene rings is 1. The first-order chi connectivity index (χ1) is 9.56. The molecule has 0 fully saturated rings. The van der Waals surface area contributed by atoms with E-state index >= 15 is 0 Å². The van der Waals surface area contributed by atoms with Crippen molar-refractivity contribution in [2.24, 2.45) is 0 Å². The standard InChI is InChI=1S/C14H14FN3O2/c15-11-3-1-2-9(6-11)4-5-17-13-12(16)7-10(8-18-13)14(19)20/h1-3,6-8H,4-5,16H2,(H,17,18)(H,19,20). The summed E-state index contributed by atoms with van der Waals surface area (Å²) in [6.07, 6.45) is 1.85. The Morgan fingerprint density at radius 1 is 1.40 bits per heavy atom. The quantitative estimate of drug-likeness (QED) is 0.778. The summed E-state index contributed by atoms with van der Waals surface area (Å²) in [5.41, 5.74) is 6.88. The normalized spacial score (nSPS) is 10.2. The van der Waals surface area contributed by atoms with Gasteiger partial charge in [0.05, 0.1) is 11.3 Å². The Bertz CT molecular complexity index is 632. The monoisotopic (exact) mass is 275 g/mol. The number of nitrogens with two attached hydrogens (primary N) is 1. The Morgan fingerprint density at radius 2 is 2.20 bits per heavy atom. The summed E-state index contributed by atoms with van der Waals surface area (Å²) in [6, 6.07) is 7.68. The summed E-state index contributed by atoms with van der Waals surface area (Å²) in [6.45, 7) is 0.521. The van der Waals surface area contributed by atoms with Crippen LogP contribution in [0.5, 0.6) is 0 Å². The van der Waals surface area contributed by atoms with Gasteiger partial charge < -0.3 is 16.2 Å². The fraction of sp³-hybridized carbons (Fsp3) is 0.143. The molecule has 0 spiro atoms. The Balaban J connectivity index is 1.96. The van der Waals surface area contributed by atoms with Gasteiger partial charge in [0.25, 0.3) is 0 Å². The van der Waals surface area contributed by atoms with Gasteiger partial charge in [0.1, 0.15) is 11.6 Å². The molecule has 0 aliphatic carbocycles. The van der Waals surface area contributed by atoms with E-state index in [9.17, 15) is 9.18 Å². The number of hydrogen-bond donors (Lipinski definition) is 3. The van der Waals surface area contributed by atoms with Gasteiger partial charge in [-0.15, -0.1) is 0 Å². The van der Waals surface area contributed by atoms with Crippen LogP contribution < -0.4 is 11.1 Å². The van der Waals surface area contributed by atoms with E-state index in [4.69, 9.17) is 10.8 Å². The van der Waals surface area contributed by atoms with Crippen LogP contribution in [0.3, 0.4) is 0 Å². The molecule has 1 aromatic heterocycles. The molecule has 0 aliphatic rings. The summed E-state index contributed by atoms with van der Waals surface area (Å²) < 4.78 is 13.0. The van der Waals surface area contributed by atoms with Crippen LogP contribution in [0.4, 0.5) is 15.9 Å². The number of aromatic carboxylic acids is 1. The van der Waals surface area contributed by atoms with Crippen molar-refractivity contribution >= 4 is 17.5 Å². The summed E-state index contributed by atoms with van der Waals surface area (Å²) in [4.78, 5) is 14.7. The maximum Gasteiger partial charge on any atom is 0.337 e. The lowest BCUT2D eigenvalue weighted by Gasteiger charge is -2.08. The van der Waals surface area contributed by atoms with Crippen molar-refractivity contribution in [3.05, 3.63) is 53.5 Å². The van der Waals surface area contributed by atoms with Gasteiger partial charge in [-0.3, -0.25) is 0 Å². The molecule has 0 radical (unpaired) electrons. The van der Waals surface area contributed by atoms with Crippen LogP contribution >= 0.6 is 0 Å². The number of halogens is 1. The molecule has 0 aliphatic heterocycles. The van der Waals surface area contributed by atoms with Crippen molar-refractivity contribution in [1.29, 1.82) is 0 Å². The van der Waals surface area contributed by atoms with E-state index in [-0.39, 0.29) is 17.1 Å². The third-order valence-corrected chi connectivity index (χ3v) is 2.76. The summed E-state index contributed by atoms with van der Waals surface area (Å²) in [5.74, 6) is -0.923. The molecule has 0 bridgehead atoms. The van der Waals surface area contributed by atoms with Crippen molar-refractivity contribution in [1.82, 2.24) is 4.98 Å². The molecule has 1 aromatic carbocycles. The van der Waals surface area contributed by atoms with Crippen molar-refractivity contribution in [3.8, 4) is 0 Å². The Morgan fingerprint density at radius 3 is 2.85 bits per heavy atom. The molecule has 0 unspecified atom stereocenters. The first-order valence-corrected chi connectivity index (χ1v) is 6.03. The fourth-order valence-electron chi connectivity index (χ4n) is 1.76. The first kappa shape index (κ1) is 13.8. The van der Waals surface area contributed by atoms with Crippen LogP contribution in [0.2, 0.25) is 0 Å². The molecule has 4 N–H and O–H groups in total. The molecule has 2 aromatic rings. The lowest BCUT2D eigenvalue weighted by Crippen LogP contribution is -2.10.